The van der Waals surface area contributed by atoms with E-state index in [-0.39, 0.29) is 17.2 Å². The van der Waals surface area contributed by atoms with Crippen molar-refractivity contribution in [1.82, 2.24) is 0 Å². The highest BCUT2D eigenvalue weighted by Crippen LogP contribution is 2.48. The monoisotopic (exact) mass is 484 g/mol. The number of fused-ring (bicyclic) bond motifs is 1. The molecule has 1 heterocycles. The first-order chi connectivity index (χ1) is 14.6. The lowest BCUT2D eigenvalue weighted by Gasteiger charge is -2.34. The average molecular weight is 485 g/mol. The molecule has 1 aliphatic carbocycles. The number of ether oxygens (including phenoxy) is 2. The number of carbonyl (C=O) groups excluding carboxylic acids is 1. The number of aryl methyl sites for hydroxylation is 2. The van der Waals surface area contributed by atoms with E-state index >= 15 is 0 Å². The van der Waals surface area contributed by atoms with Crippen LogP contribution >= 0.6 is 15.9 Å². The van der Waals surface area contributed by atoms with Crippen LogP contribution in [0.3, 0.4) is 0 Å². The number of methoxy groups -OCH3 is 2. The van der Waals surface area contributed by atoms with Gasteiger partial charge in [-0.05, 0) is 77.0 Å². The van der Waals surface area contributed by atoms with Crippen molar-refractivity contribution in [3.8, 4) is 11.5 Å². The Bertz CT molecular complexity index is 1100. The molecule has 0 aromatic heterocycles. The highest BCUT2D eigenvalue weighted by Gasteiger charge is 2.39. The molecule has 164 valence electrons. The molecule has 0 bridgehead atoms. The van der Waals surface area contributed by atoms with Crippen molar-refractivity contribution < 1.29 is 14.3 Å². The van der Waals surface area contributed by atoms with Gasteiger partial charge in [-0.25, -0.2) is 0 Å². The van der Waals surface area contributed by atoms with Crippen LogP contribution in [-0.4, -0.2) is 20.0 Å². The van der Waals surface area contributed by atoms with Gasteiger partial charge in [0.25, 0.3) is 0 Å². The van der Waals surface area contributed by atoms with Crippen molar-refractivity contribution in [3.05, 3.63) is 56.7 Å². The Kier molecular flexibility index (Phi) is 5.54. The molecule has 5 nitrogen and oxygen atoms in total. The van der Waals surface area contributed by atoms with Gasteiger partial charge in [-0.15, -0.1) is 0 Å². The van der Waals surface area contributed by atoms with E-state index in [1.165, 1.54) is 11.1 Å². The predicted octanol–water partition coefficient (Wildman–Crippen LogP) is 6.31. The fourth-order valence-electron chi connectivity index (χ4n) is 4.55. The lowest BCUT2D eigenvalue weighted by Crippen LogP contribution is -2.31. The Morgan fingerprint density at radius 3 is 2.26 bits per heavy atom. The number of anilines is 2. The second-order valence-electron chi connectivity index (χ2n) is 9.25. The smallest absolute Gasteiger partial charge is 0.163 e. The predicted molar refractivity (Wildman–Crippen MR) is 128 cm³/mol. The first-order valence-corrected chi connectivity index (χ1v) is 11.3. The number of benzene rings is 2. The Labute approximate surface area is 192 Å². The molecule has 4 rings (SSSR count). The summed E-state index contributed by atoms with van der Waals surface area (Å²) in [6, 6.07) is 7.78. The molecular formula is C25H29BrN2O3. The van der Waals surface area contributed by atoms with Crippen LogP contribution in [0.5, 0.6) is 11.5 Å². The molecule has 0 spiro atoms. The molecule has 2 N–H and O–H groups in total. The summed E-state index contributed by atoms with van der Waals surface area (Å²) in [5.74, 6) is 1.55. The van der Waals surface area contributed by atoms with E-state index in [0.29, 0.717) is 17.9 Å². The molecule has 1 atom stereocenters. The van der Waals surface area contributed by atoms with E-state index in [9.17, 15) is 4.79 Å². The first-order valence-electron chi connectivity index (χ1n) is 10.5. The second kappa shape index (κ2) is 7.90. The number of carbonyl (C=O) groups is 1. The minimum atomic E-state index is -0.355. The Hall–Kier alpha value is -2.47. The zero-order valence-corrected chi connectivity index (χ0v) is 20.5. The van der Waals surface area contributed by atoms with Crippen molar-refractivity contribution in [1.29, 1.82) is 0 Å². The van der Waals surface area contributed by atoms with E-state index in [2.05, 4.69) is 66.4 Å². The maximum atomic E-state index is 13.5. The van der Waals surface area contributed by atoms with E-state index in [4.69, 9.17) is 9.47 Å². The number of ketones is 1. The SMILES string of the molecule is COc1cc([C@@H]2Nc3cc(C)c(C)cc3NC3=C2C(=O)CC(C)(C)C3)c(OC)cc1Br. The van der Waals surface area contributed by atoms with Gasteiger partial charge in [0.2, 0.25) is 0 Å². The van der Waals surface area contributed by atoms with Crippen LogP contribution in [0.15, 0.2) is 40.0 Å². The average Bonchev–Trinajstić information content (AvgIpc) is 2.83. The van der Waals surface area contributed by atoms with Gasteiger partial charge in [-0.3, -0.25) is 4.79 Å². The van der Waals surface area contributed by atoms with Gasteiger partial charge in [0.15, 0.2) is 5.78 Å². The standard InChI is InChI=1S/C25H29BrN2O3/c1-13-7-17-18(8-14(13)2)28-24(15-9-22(31-6)16(26)10-21(15)30-5)23-19(27-17)11-25(3,4)12-20(23)29/h7-10,24,27-28H,11-12H2,1-6H3/t24-/m0/s1. The molecule has 31 heavy (non-hydrogen) atoms. The van der Waals surface area contributed by atoms with Crippen LogP contribution in [0, 0.1) is 19.3 Å². The van der Waals surface area contributed by atoms with Crippen molar-refractivity contribution >= 4 is 33.1 Å². The summed E-state index contributed by atoms with van der Waals surface area (Å²) in [6.07, 6.45) is 1.31. The summed E-state index contributed by atoms with van der Waals surface area (Å²) in [7, 11) is 3.29. The van der Waals surface area contributed by atoms with Gasteiger partial charge in [-0.1, -0.05) is 13.8 Å². The number of Topliss-reactive ketones (excluding diaryl/α,β-unsaturated/α-hetero) is 1. The van der Waals surface area contributed by atoms with E-state index in [1.54, 1.807) is 14.2 Å². The largest absolute Gasteiger partial charge is 0.496 e. The maximum Gasteiger partial charge on any atom is 0.163 e. The molecule has 2 aromatic rings. The van der Waals surface area contributed by atoms with Crippen LogP contribution in [0.25, 0.3) is 0 Å². The number of hydrogen-bond donors (Lipinski definition) is 2. The third kappa shape index (κ3) is 3.93. The van der Waals surface area contributed by atoms with E-state index < -0.39 is 0 Å². The third-order valence-electron chi connectivity index (χ3n) is 6.24. The van der Waals surface area contributed by atoms with Crippen molar-refractivity contribution in [2.45, 2.75) is 46.6 Å². The van der Waals surface area contributed by atoms with Crippen molar-refractivity contribution in [2.24, 2.45) is 5.41 Å². The molecule has 2 aromatic carbocycles. The molecular weight excluding hydrogens is 456 g/mol. The normalized spacial score (nSPS) is 19.6. The second-order valence-corrected chi connectivity index (χ2v) is 10.1. The minimum Gasteiger partial charge on any atom is -0.496 e. The number of rotatable bonds is 3. The zero-order valence-electron chi connectivity index (χ0n) is 18.9. The van der Waals surface area contributed by atoms with Crippen LogP contribution < -0.4 is 20.1 Å². The highest BCUT2D eigenvalue weighted by atomic mass is 79.9. The summed E-state index contributed by atoms with van der Waals surface area (Å²) in [6.45, 7) is 8.50. The van der Waals surface area contributed by atoms with Gasteiger partial charge in [0, 0.05) is 23.3 Å². The zero-order chi connectivity index (χ0) is 22.5. The topological polar surface area (TPSA) is 59.6 Å². The Morgan fingerprint density at radius 2 is 1.61 bits per heavy atom. The Balaban J connectivity index is 1.97. The summed E-state index contributed by atoms with van der Waals surface area (Å²) in [5, 5.41) is 7.26. The van der Waals surface area contributed by atoms with Crippen LogP contribution in [0.4, 0.5) is 11.4 Å². The van der Waals surface area contributed by atoms with Crippen LogP contribution in [0.2, 0.25) is 0 Å². The highest BCUT2D eigenvalue weighted by molar-refractivity contribution is 9.10. The fraction of sp³-hybridized carbons (Fsp3) is 0.400. The Morgan fingerprint density at radius 1 is 0.968 bits per heavy atom. The van der Waals surface area contributed by atoms with Crippen LogP contribution in [-0.2, 0) is 4.79 Å². The number of nitrogens with one attached hydrogen (secondary N) is 2. The molecule has 1 aliphatic heterocycles. The molecule has 0 saturated carbocycles. The number of allylic oxidation sites excluding steroid dienone is 1. The van der Waals surface area contributed by atoms with E-state index in [1.807, 2.05) is 12.1 Å². The maximum absolute atomic E-state index is 13.5. The summed E-state index contributed by atoms with van der Waals surface area (Å²) >= 11 is 3.54. The summed E-state index contributed by atoms with van der Waals surface area (Å²) in [5.41, 5.74) is 6.88. The number of hydrogen-bond acceptors (Lipinski definition) is 5. The lowest BCUT2D eigenvalue weighted by molar-refractivity contribution is -0.118. The number of halogens is 1. The van der Waals surface area contributed by atoms with Gasteiger partial charge < -0.3 is 20.1 Å². The first kappa shape index (κ1) is 21.8. The van der Waals surface area contributed by atoms with Crippen LogP contribution in [0.1, 0.15) is 49.4 Å². The molecule has 0 saturated heterocycles. The quantitative estimate of drug-likeness (QED) is 0.534. The molecule has 0 radical (unpaired) electrons. The van der Waals surface area contributed by atoms with Gasteiger partial charge in [0.1, 0.15) is 11.5 Å². The van der Waals surface area contributed by atoms with E-state index in [0.717, 1.165) is 39.1 Å². The fourth-order valence-corrected chi connectivity index (χ4v) is 5.04. The van der Waals surface area contributed by atoms with Crippen molar-refractivity contribution in [2.75, 3.05) is 24.9 Å². The summed E-state index contributed by atoms with van der Waals surface area (Å²) in [4.78, 5) is 13.5. The van der Waals surface area contributed by atoms with Gasteiger partial charge >= 0.3 is 0 Å². The third-order valence-corrected chi connectivity index (χ3v) is 6.86. The van der Waals surface area contributed by atoms with Gasteiger partial charge in [-0.2, -0.15) is 0 Å². The molecule has 6 heteroatoms. The molecule has 2 aliphatic rings. The lowest BCUT2D eigenvalue weighted by atomic mass is 9.73. The summed E-state index contributed by atoms with van der Waals surface area (Å²) < 4.78 is 12.1. The van der Waals surface area contributed by atoms with Gasteiger partial charge in [0.05, 0.1) is 36.1 Å². The molecule has 0 fully saturated rings. The minimum absolute atomic E-state index is 0.0980. The molecule has 0 unspecified atom stereocenters. The van der Waals surface area contributed by atoms with Crippen molar-refractivity contribution in [3.63, 3.8) is 0 Å². The molecule has 0 amide bonds.